The Morgan fingerprint density at radius 2 is 1.94 bits per heavy atom. The van der Waals surface area contributed by atoms with Crippen LogP contribution < -0.4 is 0 Å². The molecule has 0 saturated carbocycles. The lowest BCUT2D eigenvalue weighted by atomic mass is 10.1. The van der Waals surface area contributed by atoms with E-state index in [1.807, 2.05) is 18.2 Å². The summed E-state index contributed by atoms with van der Waals surface area (Å²) in [6, 6.07) is 12.3. The molecule has 3 rings (SSSR count). The second-order valence-electron chi connectivity index (χ2n) is 3.30. The number of H-pyrrole nitrogens is 1. The van der Waals surface area contributed by atoms with E-state index in [0.717, 1.165) is 4.88 Å². The molecule has 0 saturated heterocycles. The highest BCUT2D eigenvalue weighted by Crippen LogP contribution is 2.30. The first-order chi connectivity index (χ1) is 7.93. The molecule has 2 aromatic heterocycles. The summed E-state index contributed by atoms with van der Waals surface area (Å²) in [6.45, 7) is 0. The van der Waals surface area contributed by atoms with Crippen LogP contribution >= 0.6 is 11.3 Å². The molecule has 0 aliphatic carbocycles. The summed E-state index contributed by atoms with van der Waals surface area (Å²) >= 11 is 1.62. The van der Waals surface area contributed by atoms with Crippen molar-refractivity contribution in [2.75, 3.05) is 0 Å². The number of benzene rings is 1. The highest BCUT2D eigenvalue weighted by Gasteiger charge is 2.07. The zero-order valence-electron chi connectivity index (χ0n) is 8.29. The van der Waals surface area contributed by atoms with Crippen molar-refractivity contribution < 1.29 is 0 Å². The third-order valence-corrected chi connectivity index (χ3v) is 3.20. The van der Waals surface area contributed by atoms with Gasteiger partial charge in [-0.15, -0.1) is 21.5 Å². The Hall–Kier alpha value is -2.01. The van der Waals surface area contributed by atoms with E-state index in [1.54, 1.807) is 11.3 Å². The second-order valence-corrected chi connectivity index (χ2v) is 4.21. The van der Waals surface area contributed by atoms with Crippen LogP contribution in [0.15, 0.2) is 41.8 Å². The Kier molecular flexibility index (Phi) is 2.23. The molecule has 78 valence electrons. The van der Waals surface area contributed by atoms with Crippen LogP contribution in [0.25, 0.3) is 21.8 Å². The first-order valence-corrected chi connectivity index (χ1v) is 5.69. The topological polar surface area (TPSA) is 54.5 Å². The first kappa shape index (κ1) is 9.23. The maximum absolute atomic E-state index is 3.96. The number of tetrazole rings is 1. The van der Waals surface area contributed by atoms with Crippen LogP contribution in [0.2, 0.25) is 0 Å². The molecular weight excluding hydrogens is 220 g/mol. The summed E-state index contributed by atoms with van der Waals surface area (Å²) in [6.07, 6.45) is 0. The maximum Gasteiger partial charge on any atom is 0.214 e. The van der Waals surface area contributed by atoms with Gasteiger partial charge in [0.05, 0.1) is 4.88 Å². The molecule has 0 aliphatic heterocycles. The summed E-state index contributed by atoms with van der Waals surface area (Å²) < 4.78 is 0. The Bertz CT molecular complexity index is 571. The van der Waals surface area contributed by atoms with E-state index >= 15 is 0 Å². The Balaban J connectivity index is 2.00. The Labute approximate surface area is 96.0 Å². The predicted octanol–water partition coefficient (Wildman–Crippen LogP) is 2.60. The maximum atomic E-state index is 3.96. The van der Waals surface area contributed by atoms with E-state index in [9.17, 15) is 0 Å². The van der Waals surface area contributed by atoms with Gasteiger partial charge in [-0.05, 0) is 27.8 Å². The largest absolute Gasteiger partial charge is 0.214 e. The molecule has 0 radical (unpaired) electrons. The van der Waals surface area contributed by atoms with Crippen LogP contribution in [0.4, 0.5) is 0 Å². The second kappa shape index (κ2) is 3.86. The zero-order chi connectivity index (χ0) is 10.8. The lowest BCUT2D eigenvalue weighted by Crippen LogP contribution is -1.75. The average molecular weight is 228 g/mol. The molecule has 0 fully saturated rings. The van der Waals surface area contributed by atoms with Gasteiger partial charge in [-0.3, -0.25) is 0 Å². The van der Waals surface area contributed by atoms with E-state index in [1.165, 1.54) is 11.1 Å². The molecule has 1 aromatic carbocycles. The number of hydrogen-bond acceptors (Lipinski definition) is 4. The predicted molar refractivity (Wildman–Crippen MR) is 62.9 cm³/mol. The molecule has 2 heterocycles. The lowest BCUT2D eigenvalue weighted by molar-refractivity contribution is 0.881. The zero-order valence-corrected chi connectivity index (χ0v) is 9.11. The van der Waals surface area contributed by atoms with E-state index in [0.29, 0.717) is 5.82 Å². The first-order valence-electron chi connectivity index (χ1n) is 4.81. The van der Waals surface area contributed by atoms with Crippen molar-refractivity contribution in [1.82, 2.24) is 20.6 Å². The highest BCUT2D eigenvalue weighted by molar-refractivity contribution is 7.13. The monoisotopic (exact) mass is 228 g/mol. The van der Waals surface area contributed by atoms with Gasteiger partial charge in [-0.25, -0.2) is 0 Å². The smallest absolute Gasteiger partial charge is 0.177 e. The number of hydrogen-bond donors (Lipinski definition) is 1. The van der Waals surface area contributed by atoms with Crippen LogP contribution in [0.3, 0.4) is 0 Å². The van der Waals surface area contributed by atoms with Crippen LogP contribution in [-0.2, 0) is 0 Å². The standard InChI is InChI=1S/C11H8N4S/c1-2-4-8(5-3-1)9-6-10(16-7-9)11-12-14-15-13-11/h1-7H,(H,12,13,14,15). The fourth-order valence-electron chi connectivity index (χ4n) is 1.50. The van der Waals surface area contributed by atoms with E-state index in [4.69, 9.17) is 0 Å². The fraction of sp³-hybridized carbons (Fsp3) is 0. The fourth-order valence-corrected chi connectivity index (χ4v) is 2.35. The molecule has 1 N–H and O–H groups in total. The van der Waals surface area contributed by atoms with Gasteiger partial charge in [0, 0.05) is 0 Å². The molecule has 0 bridgehead atoms. The SMILES string of the molecule is c1ccc(-c2csc(-c3nn[nH]n3)c2)cc1. The molecule has 3 aromatic rings. The molecule has 0 amide bonds. The van der Waals surface area contributed by atoms with Crippen molar-refractivity contribution in [3.63, 3.8) is 0 Å². The van der Waals surface area contributed by atoms with Gasteiger partial charge in [0.25, 0.3) is 0 Å². The van der Waals surface area contributed by atoms with Crippen molar-refractivity contribution in [1.29, 1.82) is 0 Å². The quantitative estimate of drug-likeness (QED) is 0.733. The summed E-state index contributed by atoms with van der Waals surface area (Å²) in [7, 11) is 0. The van der Waals surface area contributed by atoms with Crippen molar-refractivity contribution in [2.45, 2.75) is 0 Å². The third-order valence-electron chi connectivity index (χ3n) is 2.27. The van der Waals surface area contributed by atoms with Crippen molar-refractivity contribution in [2.24, 2.45) is 0 Å². The molecule has 0 unspecified atom stereocenters. The summed E-state index contributed by atoms with van der Waals surface area (Å²) in [4.78, 5) is 1.02. The molecule has 5 heteroatoms. The molecule has 0 aliphatic rings. The van der Waals surface area contributed by atoms with Gasteiger partial charge < -0.3 is 0 Å². The highest BCUT2D eigenvalue weighted by atomic mass is 32.1. The Morgan fingerprint density at radius 3 is 2.69 bits per heavy atom. The van der Waals surface area contributed by atoms with Gasteiger partial charge in [0.2, 0.25) is 5.82 Å². The molecule has 4 nitrogen and oxygen atoms in total. The van der Waals surface area contributed by atoms with E-state index in [2.05, 4.69) is 44.2 Å². The number of aromatic amines is 1. The molecule has 0 spiro atoms. The van der Waals surface area contributed by atoms with Crippen LogP contribution in [0, 0.1) is 0 Å². The minimum atomic E-state index is 0.646. The van der Waals surface area contributed by atoms with Gasteiger partial charge in [0.1, 0.15) is 0 Å². The third kappa shape index (κ3) is 1.61. The number of thiophene rings is 1. The van der Waals surface area contributed by atoms with Gasteiger partial charge >= 0.3 is 0 Å². The minimum absolute atomic E-state index is 0.646. The van der Waals surface area contributed by atoms with E-state index in [-0.39, 0.29) is 0 Å². The number of nitrogens with one attached hydrogen (secondary N) is 1. The summed E-state index contributed by atoms with van der Waals surface area (Å²) in [5.74, 6) is 0.646. The number of nitrogens with zero attached hydrogens (tertiary/aromatic N) is 3. The number of rotatable bonds is 2. The normalized spacial score (nSPS) is 10.5. The Morgan fingerprint density at radius 1 is 1.06 bits per heavy atom. The van der Waals surface area contributed by atoms with Crippen molar-refractivity contribution >= 4 is 11.3 Å². The molecule has 16 heavy (non-hydrogen) atoms. The number of aromatic nitrogens is 4. The van der Waals surface area contributed by atoms with Crippen LogP contribution in [-0.4, -0.2) is 20.6 Å². The summed E-state index contributed by atoms with van der Waals surface area (Å²) in [5.41, 5.74) is 2.39. The van der Waals surface area contributed by atoms with E-state index < -0.39 is 0 Å². The van der Waals surface area contributed by atoms with Crippen molar-refractivity contribution in [3.8, 4) is 21.8 Å². The van der Waals surface area contributed by atoms with Crippen molar-refractivity contribution in [3.05, 3.63) is 41.8 Å². The lowest BCUT2D eigenvalue weighted by Gasteiger charge is -1.94. The van der Waals surface area contributed by atoms with Gasteiger partial charge in [-0.2, -0.15) is 5.21 Å². The van der Waals surface area contributed by atoms with Gasteiger partial charge in [-0.1, -0.05) is 30.3 Å². The van der Waals surface area contributed by atoms with Crippen LogP contribution in [0.1, 0.15) is 0 Å². The van der Waals surface area contributed by atoms with Gasteiger partial charge in [0.15, 0.2) is 0 Å². The minimum Gasteiger partial charge on any atom is -0.177 e. The average Bonchev–Trinajstić information content (AvgIpc) is 3.01. The van der Waals surface area contributed by atoms with Crippen LogP contribution in [0.5, 0.6) is 0 Å². The molecule has 0 atom stereocenters. The summed E-state index contributed by atoms with van der Waals surface area (Å²) in [5, 5.41) is 16.0. The molecular formula is C11H8N4S.